The number of methoxy groups -OCH3 is 1. The third-order valence-corrected chi connectivity index (χ3v) is 5.62. The van der Waals surface area contributed by atoms with E-state index in [2.05, 4.69) is 22.6 Å². The van der Waals surface area contributed by atoms with Crippen molar-refractivity contribution in [3.05, 3.63) is 84.4 Å². The Bertz CT molecular complexity index is 1060. The van der Waals surface area contributed by atoms with Crippen LogP contribution in [0.5, 0.6) is 5.75 Å². The first-order chi connectivity index (χ1) is 15.7. The van der Waals surface area contributed by atoms with Gasteiger partial charge in [0.15, 0.2) is 0 Å². The van der Waals surface area contributed by atoms with Crippen LogP contribution in [-0.4, -0.2) is 49.9 Å². The number of nitrogens with one attached hydrogen (secondary N) is 1. The first kappa shape index (κ1) is 21.4. The minimum absolute atomic E-state index is 0.00699. The van der Waals surface area contributed by atoms with E-state index >= 15 is 0 Å². The minimum Gasteiger partial charge on any atom is -0.497 e. The number of amides is 1. The van der Waals surface area contributed by atoms with Crippen molar-refractivity contribution >= 4 is 17.3 Å². The lowest BCUT2D eigenvalue weighted by molar-refractivity contribution is 0.0748. The fourth-order valence-corrected chi connectivity index (χ4v) is 3.93. The molecule has 1 unspecified atom stereocenters. The third-order valence-electron chi connectivity index (χ3n) is 5.62. The molecule has 0 saturated carbocycles. The molecule has 1 aliphatic rings. The van der Waals surface area contributed by atoms with E-state index < -0.39 is 0 Å². The topological polar surface area (TPSA) is 63.2 Å². The summed E-state index contributed by atoms with van der Waals surface area (Å²) in [6.45, 7) is 1.07. The van der Waals surface area contributed by atoms with Crippen LogP contribution in [0, 0.1) is 0 Å². The van der Waals surface area contributed by atoms with Crippen LogP contribution in [0.25, 0.3) is 11.1 Å². The van der Waals surface area contributed by atoms with Crippen molar-refractivity contribution in [2.75, 3.05) is 32.6 Å². The highest BCUT2D eigenvalue weighted by molar-refractivity contribution is 6.00. The van der Waals surface area contributed by atoms with E-state index in [1.165, 1.54) is 7.11 Å². The van der Waals surface area contributed by atoms with Gasteiger partial charge in [-0.15, -0.1) is 0 Å². The zero-order valence-corrected chi connectivity index (χ0v) is 18.3. The van der Waals surface area contributed by atoms with E-state index in [9.17, 15) is 4.79 Å². The molecular weight excluding hydrogens is 402 g/mol. The third kappa shape index (κ3) is 4.91. The molecular formula is C26H27N3O3. The highest BCUT2D eigenvalue weighted by Gasteiger charge is 2.33. The SMILES string of the molecule is CON=C1CC(CNc2ccc(OC)cc2)N(C(=O)c2ccc(-c3ccccc3)cc2)C1. The zero-order valence-electron chi connectivity index (χ0n) is 18.3. The second-order valence-electron chi connectivity index (χ2n) is 7.68. The van der Waals surface area contributed by atoms with E-state index in [-0.39, 0.29) is 11.9 Å². The Kier molecular flexibility index (Phi) is 6.70. The van der Waals surface area contributed by atoms with Crippen molar-refractivity contribution in [3.63, 3.8) is 0 Å². The van der Waals surface area contributed by atoms with Crippen LogP contribution in [0.4, 0.5) is 5.69 Å². The molecule has 0 aliphatic carbocycles. The Morgan fingerprint density at radius 3 is 2.31 bits per heavy atom. The number of hydrogen-bond acceptors (Lipinski definition) is 5. The van der Waals surface area contributed by atoms with Crippen LogP contribution in [-0.2, 0) is 4.84 Å². The Morgan fingerprint density at radius 1 is 0.969 bits per heavy atom. The molecule has 3 aromatic rings. The standard InChI is InChI=1S/C26H27N3O3/c1-31-25-14-12-22(13-15-25)27-17-24-16-23(28-32-2)18-29(24)26(30)21-10-8-20(9-11-21)19-6-4-3-5-7-19/h3-15,24,27H,16-18H2,1-2H3. The minimum atomic E-state index is -0.0210. The lowest BCUT2D eigenvalue weighted by Crippen LogP contribution is -2.39. The molecule has 164 valence electrons. The number of carbonyl (C=O) groups is 1. The Morgan fingerprint density at radius 2 is 1.66 bits per heavy atom. The van der Waals surface area contributed by atoms with Gasteiger partial charge in [-0.1, -0.05) is 47.6 Å². The lowest BCUT2D eigenvalue weighted by atomic mass is 10.0. The maximum Gasteiger partial charge on any atom is 0.254 e. The van der Waals surface area contributed by atoms with Gasteiger partial charge in [-0.25, -0.2) is 0 Å². The molecule has 1 atom stereocenters. The highest BCUT2D eigenvalue weighted by Crippen LogP contribution is 2.24. The van der Waals surface area contributed by atoms with Gasteiger partial charge < -0.3 is 19.8 Å². The summed E-state index contributed by atoms with van der Waals surface area (Å²) in [5.74, 6) is 0.800. The fraction of sp³-hybridized carbons (Fsp3) is 0.231. The highest BCUT2D eigenvalue weighted by atomic mass is 16.6. The second-order valence-corrected chi connectivity index (χ2v) is 7.68. The number of carbonyl (C=O) groups excluding carboxylic acids is 1. The van der Waals surface area contributed by atoms with Gasteiger partial charge in [-0.05, 0) is 47.5 Å². The summed E-state index contributed by atoms with van der Waals surface area (Å²) in [7, 11) is 3.18. The van der Waals surface area contributed by atoms with Gasteiger partial charge in [-0.3, -0.25) is 4.79 Å². The summed E-state index contributed by atoms with van der Waals surface area (Å²) < 4.78 is 5.21. The molecule has 6 nitrogen and oxygen atoms in total. The van der Waals surface area contributed by atoms with Crippen LogP contribution in [0.2, 0.25) is 0 Å². The van der Waals surface area contributed by atoms with E-state index in [1.807, 2.05) is 71.6 Å². The number of ether oxygens (including phenoxy) is 1. The van der Waals surface area contributed by atoms with Gasteiger partial charge in [0.1, 0.15) is 12.9 Å². The molecule has 4 rings (SSSR count). The Hall–Kier alpha value is -3.80. The number of hydrogen-bond donors (Lipinski definition) is 1. The van der Waals surface area contributed by atoms with Crippen molar-refractivity contribution in [3.8, 4) is 16.9 Å². The zero-order chi connectivity index (χ0) is 22.3. The number of benzene rings is 3. The first-order valence-electron chi connectivity index (χ1n) is 10.6. The van der Waals surface area contributed by atoms with Gasteiger partial charge >= 0.3 is 0 Å². The molecule has 0 aromatic heterocycles. The average Bonchev–Trinajstić information content (AvgIpc) is 3.26. The van der Waals surface area contributed by atoms with Crippen LogP contribution < -0.4 is 10.1 Å². The molecule has 0 radical (unpaired) electrons. The largest absolute Gasteiger partial charge is 0.497 e. The predicted molar refractivity (Wildman–Crippen MR) is 127 cm³/mol. The molecule has 1 heterocycles. The molecule has 0 spiro atoms. The van der Waals surface area contributed by atoms with Gasteiger partial charge in [0.05, 0.1) is 25.4 Å². The van der Waals surface area contributed by atoms with Crippen molar-refractivity contribution < 1.29 is 14.4 Å². The fourth-order valence-electron chi connectivity index (χ4n) is 3.93. The smallest absolute Gasteiger partial charge is 0.254 e. The number of likely N-dealkylation sites (tertiary alicyclic amines) is 1. The number of anilines is 1. The van der Waals surface area contributed by atoms with Crippen LogP contribution in [0.1, 0.15) is 16.8 Å². The predicted octanol–water partition coefficient (Wildman–Crippen LogP) is 4.69. The molecule has 1 aliphatic heterocycles. The summed E-state index contributed by atoms with van der Waals surface area (Å²) in [5, 5.41) is 7.53. The van der Waals surface area contributed by atoms with Crippen LogP contribution in [0.3, 0.4) is 0 Å². The quantitative estimate of drug-likeness (QED) is 0.554. The summed E-state index contributed by atoms with van der Waals surface area (Å²) in [6.07, 6.45) is 0.671. The molecule has 0 bridgehead atoms. The summed E-state index contributed by atoms with van der Waals surface area (Å²) in [6, 6.07) is 25.6. The van der Waals surface area contributed by atoms with E-state index in [0.29, 0.717) is 25.1 Å². The van der Waals surface area contributed by atoms with E-state index in [0.717, 1.165) is 28.3 Å². The van der Waals surface area contributed by atoms with Gasteiger partial charge in [0.25, 0.3) is 5.91 Å². The van der Waals surface area contributed by atoms with Crippen molar-refractivity contribution in [2.45, 2.75) is 12.5 Å². The monoisotopic (exact) mass is 429 g/mol. The van der Waals surface area contributed by atoms with Crippen molar-refractivity contribution in [2.24, 2.45) is 5.16 Å². The molecule has 1 N–H and O–H groups in total. The van der Waals surface area contributed by atoms with E-state index in [4.69, 9.17) is 9.57 Å². The van der Waals surface area contributed by atoms with Gasteiger partial charge in [0.2, 0.25) is 0 Å². The molecule has 1 amide bonds. The number of rotatable bonds is 7. The van der Waals surface area contributed by atoms with Crippen molar-refractivity contribution in [1.29, 1.82) is 0 Å². The van der Waals surface area contributed by atoms with Gasteiger partial charge in [0, 0.05) is 24.2 Å². The van der Waals surface area contributed by atoms with Crippen LogP contribution in [0.15, 0.2) is 84.0 Å². The second kappa shape index (κ2) is 10.0. The van der Waals surface area contributed by atoms with Crippen LogP contribution >= 0.6 is 0 Å². The Labute approximate surface area is 188 Å². The maximum atomic E-state index is 13.3. The number of oxime groups is 1. The summed E-state index contributed by atoms with van der Waals surface area (Å²) in [4.78, 5) is 20.2. The molecule has 1 saturated heterocycles. The number of nitrogens with zero attached hydrogens (tertiary/aromatic N) is 2. The molecule has 3 aromatic carbocycles. The first-order valence-corrected chi connectivity index (χ1v) is 10.6. The average molecular weight is 430 g/mol. The molecule has 1 fully saturated rings. The molecule has 6 heteroatoms. The van der Waals surface area contributed by atoms with Crippen molar-refractivity contribution in [1.82, 2.24) is 4.90 Å². The Balaban J connectivity index is 1.48. The normalized spacial score (nSPS) is 16.8. The van der Waals surface area contributed by atoms with E-state index in [1.54, 1.807) is 7.11 Å². The molecule has 32 heavy (non-hydrogen) atoms. The summed E-state index contributed by atoms with van der Waals surface area (Å²) in [5.41, 5.74) is 4.72. The summed E-state index contributed by atoms with van der Waals surface area (Å²) >= 11 is 0. The lowest BCUT2D eigenvalue weighted by Gasteiger charge is -2.25. The maximum absolute atomic E-state index is 13.3. The van der Waals surface area contributed by atoms with Gasteiger partial charge in [-0.2, -0.15) is 0 Å².